The van der Waals surface area contributed by atoms with Crippen LogP contribution < -0.4 is 15.0 Å². The number of methoxy groups -OCH3 is 1. The molecule has 1 N–H and O–H groups in total. The molecule has 3 heterocycles. The Bertz CT molecular complexity index is 1130. The number of thiazole rings is 1. The van der Waals surface area contributed by atoms with E-state index >= 15 is 0 Å². The fourth-order valence-corrected chi connectivity index (χ4v) is 3.84. The first kappa shape index (κ1) is 18.0. The second kappa shape index (κ2) is 7.32. The smallest absolute Gasteiger partial charge is 0.225 e. The molecule has 4 rings (SSSR count). The van der Waals surface area contributed by atoms with Crippen LogP contribution in [0, 0.1) is 0 Å². The standard InChI is InChI=1S/C20H19N5O2S/c1-24(2)19-18(17(26)15-12-21-16-6-4-5-11-25(15)16)28-20(23-19)22-13-7-9-14(27-3)10-8-13/h4-12H,1-3H3,(H,22,23). The van der Waals surface area contributed by atoms with Crippen molar-refractivity contribution in [3.8, 4) is 5.75 Å². The monoisotopic (exact) mass is 393 g/mol. The van der Waals surface area contributed by atoms with Gasteiger partial charge >= 0.3 is 0 Å². The maximum absolute atomic E-state index is 13.2. The molecule has 4 aromatic rings. The van der Waals surface area contributed by atoms with E-state index in [-0.39, 0.29) is 5.78 Å². The van der Waals surface area contributed by atoms with Gasteiger partial charge < -0.3 is 15.0 Å². The summed E-state index contributed by atoms with van der Waals surface area (Å²) in [5.74, 6) is 1.29. The predicted octanol–water partition coefficient (Wildman–Crippen LogP) is 3.84. The number of rotatable bonds is 6. The molecule has 0 saturated heterocycles. The normalized spacial score (nSPS) is 10.8. The maximum atomic E-state index is 13.2. The molecule has 0 bridgehead atoms. The number of ketones is 1. The van der Waals surface area contributed by atoms with E-state index in [1.165, 1.54) is 11.3 Å². The van der Waals surface area contributed by atoms with Gasteiger partial charge in [-0.1, -0.05) is 17.4 Å². The van der Waals surface area contributed by atoms with Crippen molar-refractivity contribution < 1.29 is 9.53 Å². The van der Waals surface area contributed by atoms with Crippen molar-refractivity contribution in [2.24, 2.45) is 0 Å². The molecular formula is C20H19N5O2S. The predicted molar refractivity (Wildman–Crippen MR) is 111 cm³/mol. The first-order valence-electron chi connectivity index (χ1n) is 8.63. The van der Waals surface area contributed by atoms with E-state index in [1.807, 2.05) is 67.7 Å². The van der Waals surface area contributed by atoms with Gasteiger partial charge in [-0.2, -0.15) is 0 Å². The highest BCUT2D eigenvalue weighted by molar-refractivity contribution is 7.18. The number of ether oxygens (including phenoxy) is 1. The zero-order valence-corrected chi connectivity index (χ0v) is 16.5. The van der Waals surface area contributed by atoms with Crippen molar-refractivity contribution in [2.75, 3.05) is 31.4 Å². The Balaban J connectivity index is 1.69. The Morgan fingerprint density at radius 1 is 1.18 bits per heavy atom. The van der Waals surface area contributed by atoms with E-state index in [0.29, 0.717) is 21.5 Å². The Morgan fingerprint density at radius 2 is 1.96 bits per heavy atom. The number of nitrogens with zero attached hydrogens (tertiary/aromatic N) is 4. The molecule has 0 atom stereocenters. The number of carbonyl (C=O) groups is 1. The van der Waals surface area contributed by atoms with Crippen LogP contribution in [0.5, 0.6) is 5.75 Å². The number of pyridine rings is 1. The van der Waals surface area contributed by atoms with Gasteiger partial charge in [0.05, 0.1) is 13.3 Å². The fraction of sp³-hybridized carbons (Fsp3) is 0.150. The van der Waals surface area contributed by atoms with Gasteiger partial charge in [0.15, 0.2) is 10.9 Å². The number of aromatic nitrogens is 3. The molecule has 28 heavy (non-hydrogen) atoms. The number of nitrogens with one attached hydrogen (secondary N) is 1. The highest BCUT2D eigenvalue weighted by atomic mass is 32.1. The van der Waals surface area contributed by atoms with Crippen molar-refractivity contribution in [3.05, 3.63) is 65.4 Å². The number of hydrogen-bond donors (Lipinski definition) is 1. The summed E-state index contributed by atoms with van der Waals surface area (Å²) in [7, 11) is 5.37. The number of anilines is 3. The molecule has 0 saturated carbocycles. The lowest BCUT2D eigenvalue weighted by Crippen LogP contribution is -2.14. The Hall–Kier alpha value is -3.39. The van der Waals surface area contributed by atoms with Crippen molar-refractivity contribution >= 4 is 39.4 Å². The van der Waals surface area contributed by atoms with Crippen molar-refractivity contribution in [1.82, 2.24) is 14.4 Å². The van der Waals surface area contributed by atoms with E-state index in [9.17, 15) is 4.79 Å². The van der Waals surface area contributed by atoms with Crippen LogP contribution in [-0.4, -0.2) is 41.4 Å². The van der Waals surface area contributed by atoms with Gasteiger partial charge in [0.1, 0.15) is 22.0 Å². The van der Waals surface area contributed by atoms with E-state index in [2.05, 4.69) is 15.3 Å². The third kappa shape index (κ3) is 3.29. The Labute approximate surface area is 166 Å². The zero-order valence-electron chi connectivity index (χ0n) is 15.7. The van der Waals surface area contributed by atoms with Crippen LogP contribution >= 0.6 is 11.3 Å². The SMILES string of the molecule is COc1ccc(Nc2nc(N(C)C)c(C(=O)c3cnc4ccccn34)s2)cc1. The average Bonchev–Trinajstić information content (AvgIpc) is 3.32. The van der Waals surface area contributed by atoms with Crippen molar-refractivity contribution in [1.29, 1.82) is 0 Å². The second-order valence-corrected chi connectivity index (χ2v) is 7.32. The minimum atomic E-state index is -0.109. The maximum Gasteiger partial charge on any atom is 0.225 e. The number of hydrogen-bond acceptors (Lipinski definition) is 7. The lowest BCUT2D eigenvalue weighted by Gasteiger charge is -2.10. The average molecular weight is 393 g/mol. The van der Waals surface area contributed by atoms with Crippen LogP contribution in [0.1, 0.15) is 15.4 Å². The summed E-state index contributed by atoms with van der Waals surface area (Å²) in [6, 6.07) is 13.2. The molecule has 0 amide bonds. The Kier molecular flexibility index (Phi) is 4.70. The van der Waals surface area contributed by atoms with E-state index in [0.717, 1.165) is 17.1 Å². The topological polar surface area (TPSA) is 71.8 Å². The molecule has 0 radical (unpaired) electrons. The summed E-state index contributed by atoms with van der Waals surface area (Å²) in [6.45, 7) is 0. The number of benzene rings is 1. The van der Waals surface area contributed by atoms with Gasteiger partial charge in [0.2, 0.25) is 5.78 Å². The molecule has 1 aromatic carbocycles. The molecule has 142 valence electrons. The molecule has 0 aliphatic heterocycles. The van der Waals surface area contributed by atoms with Gasteiger partial charge in [-0.05, 0) is 36.4 Å². The lowest BCUT2D eigenvalue weighted by molar-refractivity contribution is 0.103. The third-order valence-corrected chi connectivity index (χ3v) is 5.19. The molecule has 7 nitrogen and oxygen atoms in total. The van der Waals surface area contributed by atoms with Gasteiger partial charge in [-0.25, -0.2) is 9.97 Å². The number of imidazole rings is 1. The lowest BCUT2D eigenvalue weighted by atomic mass is 10.2. The second-order valence-electron chi connectivity index (χ2n) is 6.32. The zero-order chi connectivity index (χ0) is 19.7. The molecule has 0 aliphatic carbocycles. The van der Waals surface area contributed by atoms with Gasteiger partial charge in [-0.3, -0.25) is 9.20 Å². The summed E-state index contributed by atoms with van der Waals surface area (Å²) < 4.78 is 6.97. The van der Waals surface area contributed by atoms with E-state index < -0.39 is 0 Å². The molecule has 3 aromatic heterocycles. The van der Waals surface area contributed by atoms with Gasteiger partial charge in [0, 0.05) is 26.0 Å². The summed E-state index contributed by atoms with van der Waals surface area (Å²) in [5, 5.41) is 3.90. The highest BCUT2D eigenvalue weighted by Gasteiger charge is 2.23. The quantitative estimate of drug-likeness (QED) is 0.502. The van der Waals surface area contributed by atoms with Crippen LogP contribution in [0.25, 0.3) is 5.65 Å². The highest BCUT2D eigenvalue weighted by Crippen LogP contribution is 2.33. The number of carbonyl (C=O) groups excluding carboxylic acids is 1. The minimum Gasteiger partial charge on any atom is -0.497 e. The molecule has 8 heteroatoms. The van der Waals surface area contributed by atoms with Crippen LogP contribution in [-0.2, 0) is 0 Å². The third-order valence-electron chi connectivity index (χ3n) is 4.23. The fourth-order valence-electron chi connectivity index (χ4n) is 2.83. The molecular weight excluding hydrogens is 374 g/mol. The molecule has 0 spiro atoms. The molecule has 0 unspecified atom stereocenters. The summed E-state index contributed by atoms with van der Waals surface area (Å²) in [6.07, 6.45) is 3.44. The molecule has 0 aliphatic rings. The minimum absolute atomic E-state index is 0.109. The van der Waals surface area contributed by atoms with Gasteiger partial charge in [0.25, 0.3) is 0 Å². The van der Waals surface area contributed by atoms with E-state index in [1.54, 1.807) is 17.7 Å². The first-order chi connectivity index (χ1) is 13.6. The first-order valence-corrected chi connectivity index (χ1v) is 9.44. The number of fused-ring (bicyclic) bond motifs is 1. The van der Waals surface area contributed by atoms with Crippen LogP contribution in [0.2, 0.25) is 0 Å². The van der Waals surface area contributed by atoms with Crippen LogP contribution in [0.4, 0.5) is 16.6 Å². The van der Waals surface area contributed by atoms with Crippen molar-refractivity contribution in [3.63, 3.8) is 0 Å². The Morgan fingerprint density at radius 3 is 2.68 bits per heavy atom. The van der Waals surface area contributed by atoms with Gasteiger partial charge in [-0.15, -0.1) is 0 Å². The van der Waals surface area contributed by atoms with E-state index in [4.69, 9.17) is 4.74 Å². The summed E-state index contributed by atoms with van der Waals surface area (Å²) >= 11 is 1.32. The summed E-state index contributed by atoms with van der Waals surface area (Å²) in [5.41, 5.74) is 2.12. The van der Waals surface area contributed by atoms with Crippen molar-refractivity contribution in [2.45, 2.75) is 0 Å². The van der Waals surface area contributed by atoms with Crippen LogP contribution in [0.3, 0.4) is 0 Å². The summed E-state index contributed by atoms with van der Waals surface area (Å²) in [4.78, 5) is 24.6. The molecule has 0 fully saturated rings. The van der Waals surface area contributed by atoms with Crippen LogP contribution in [0.15, 0.2) is 54.9 Å². The largest absolute Gasteiger partial charge is 0.497 e.